The van der Waals surface area contributed by atoms with Gasteiger partial charge in [-0.05, 0) is 70.8 Å². The molecular formula is C39H27F6N5O7. The van der Waals surface area contributed by atoms with E-state index >= 15 is 0 Å². The molecule has 0 amide bonds. The van der Waals surface area contributed by atoms with Crippen molar-refractivity contribution in [2.75, 3.05) is 0 Å². The number of hydrogen-bond donors (Lipinski definition) is 1. The van der Waals surface area contributed by atoms with Crippen molar-refractivity contribution in [1.29, 1.82) is 0 Å². The Morgan fingerprint density at radius 1 is 0.667 bits per heavy atom. The van der Waals surface area contributed by atoms with Gasteiger partial charge in [-0.15, -0.1) is 26.3 Å². The van der Waals surface area contributed by atoms with Crippen LogP contribution in [0.5, 0.6) is 17.2 Å². The molecule has 0 atom stereocenters. The van der Waals surface area contributed by atoms with Crippen LogP contribution in [0.3, 0.4) is 0 Å². The number of nitrogens with zero attached hydrogens (tertiary/aromatic N) is 5. The van der Waals surface area contributed by atoms with Crippen LogP contribution in [0, 0.1) is 0 Å². The number of hydrogen-bond acceptors (Lipinski definition) is 11. The lowest BCUT2D eigenvalue weighted by Gasteiger charge is -2.09. The quantitative estimate of drug-likeness (QED) is 0.0962. The number of alkyl halides is 6. The highest BCUT2D eigenvalue weighted by molar-refractivity contribution is 5.83. The largest absolute Gasteiger partial charge is 0.573 e. The third-order valence-corrected chi connectivity index (χ3v) is 7.84. The number of aliphatic hydroxyl groups is 1. The summed E-state index contributed by atoms with van der Waals surface area (Å²) in [4.78, 5) is 39.0. The minimum atomic E-state index is -4.74. The van der Waals surface area contributed by atoms with Crippen molar-refractivity contribution < 1.29 is 54.9 Å². The van der Waals surface area contributed by atoms with Crippen molar-refractivity contribution in [3.8, 4) is 39.5 Å². The van der Waals surface area contributed by atoms with Crippen molar-refractivity contribution in [2.45, 2.75) is 32.3 Å². The molecule has 0 saturated heterocycles. The van der Waals surface area contributed by atoms with Crippen LogP contribution in [-0.2, 0) is 24.4 Å². The number of esters is 1. The Balaban J connectivity index is 0.000000166. The first kappa shape index (κ1) is 39.6. The predicted octanol–water partition coefficient (Wildman–Crippen LogP) is 7.68. The van der Waals surface area contributed by atoms with Crippen LogP contribution in [0.1, 0.15) is 17.0 Å². The Labute approximate surface area is 317 Å². The second-order valence-corrected chi connectivity index (χ2v) is 11.8. The number of fused-ring (bicyclic) bond motifs is 2. The molecule has 1 aliphatic heterocycles. The van der Waals surface area contributed by atoms with E-state index in [-0.39, 0.29) is 37.0 Å². The summed E-state index contributed by atoms with van der Waals surface area (Å²) in [5.74, 6) is -0.894. The molecule has 4 heterocycles. The zero-order valence-corrected chi connectivity index (χ0v) is 29.1. The normalized spacial score (nSPS) is 12.1. The molecule has 12 nitrogen and oxygen atoms in total. The minimum absolute atomic E-state index is 0.0339. The van der Waals surface area contributed by atoms with Gasteiger partial charge in [0.15, 0.2) is 5.58 Å². The monoisotopic (exact) mass is 791 g/mol. The van der Waals surface area contributed by atoms with Gasteiger partial charge in [0.1, 0.15) is 17.2 Å². The van der Waals surface area contributed by atoms with E-state index in [4.69, 9.17) is 14.3 Å². The molecule has 18 heteroatoms. The lowest BCUT2D eigenvalue weighted by atomic mass is 10.0. The van der Waals surface area contributed by atoms with Crippen LogP contribution in [0.2, 0.25) is 0 Å². The maximum Gasteiger partial charge on any atom is 0.573 e. The molecule has 4 aromatic carbocycles. The molecule has 8 rings (SSSR count). The summed E-state index contributed by atoms with van der Waals surface area (Å²) in [6.07, 6.45) is 0.0146. The summed E-state index contributed by atoms with van der Waals surface area (Å²) >= 11 is 0. The van der Waals surface area contributed by atoms with E-state index < -0.39 is 18.5 Å². The second kappa shape index (κ2) is 17.2. The van der Waals surface area contributed by atoms with Gasteiger partial charge in [0.05, 0.1) is 48.9 Å². The lowest BCUT2D eigenvalue weighted by molar-refractivity contribution is -0.275. The van der Waals surface area contributed by atoms with Gasteiger partial charge < -0.3 is 23.7 Å². The van der Waals surface area contributed by atoms with E-state index in [1.165, 1.54) is 71.7 Å². The average molecular weight is 792 g/mol. The van der Waals surface area contributed by atoms with Crippen molar-refractivity contribution in [3.63, 3.8) is 0 Å². The summed E-state index contributed by atoms with van der Waals surface area (Å²) in [6.45, 7) is 0.148. The van der Waals surface area contributed by atoms with Crippen molar-refractivity contribution in [1.82, 2.24) is 24.5 Å². The van der Waals surface area contributed by atoms with Crippen LogP contribution in [-0.4, -0.2) is 48.3 Å². The highest BCUT2D eigenvalue weighted by Gasteiger charge is 2.31. The second-order valence-electron chi connectivity index (χ2n) is 11.8. The molecule has 3 aromatic heterocycles. The topological polar surface area (TPSA) is 152 Å². The van der Waals surface area contributed by atoms with Crippen molar-refractivity contribution in [2.24, 2.45) is 0 Å². The molecule has 0 fully saturated rings. The fourth-order valence-corrected chi connectivity index (χ4v) is 5.39. The minimum Gasteiger partial charge on any atom is -0.426 e. The Morgan fingerprint density at radius 2 is 1.19 bits per heavy atom. The van der Waals surface area contributed by atoms with E-state index in [2.05, 4.69) is 29.4 Å². The van der Waals surface area contributed by atoms with Gasteiger partial charge in [0.2, 0.25) is 0 Å². The highest BCUT2D eigenvalue weighted by atomic mass is 19.4. The SMILES string of the molecule is O=C1Cc2cc(-c3ccc(OC(F)(F)F)cc3)ccc2O1.O=c1oc2ccc(-c3ccc(OC(F)(F)F)cc3)cc2n1Cc1cnccn1.OCc1cnccn1. The third kappa shape index (κ3) is 11.0. The number of aromatic nitrogens is 5. The number of rotatable bonds is 7. The van der Waals surface area contributed by atoms with Gasteiger partial charge in [-0.3, -0.25) is 29.3 Å². The fraction of sp³-hybridized carbons (Fsp3) is 0.128. The van der Waals surface area contributed by atoms with E-state index in [9.17, 15) is 35.9 Å². The van der Waals surface area contributed by atoms with E-state index in [0.29, 0.717) is 39.4 Å². The molecule has 0 spiro atoms. The van der Waals surface area contributed by atoms with Crippen LogP contribution in [0.4, 0.5) is 26.3 Å². The van der Waals surface area contributed by atoms with Gasteiger partial charge in [-0.25, -0.2) is 4.79 Å². The maximum atomic E-state index is 12.3. The zero-order valence-electron chi connectivity index (χ0n) is 29.1. The maximum absolute atomic E-state index is 12.3. The molecule has 0 aliphatic carbocycles. The van der Waals surface area contributed by atoms with E-state index in [1.54, 1.807) is 55.0 Å². The Morgan fingerprint density at radius 3 is 1.70 bits per heavy atom. The van der Waals surface area contributed by atoms with Gasteiger partial charge in [-0.2, -0.15) is 0 Å². The Hall–Kier alpha value is -7.08. The standard InChI is InChI=1S/C19H12F3N3O3.C15H9F3O3.C5H6N2O/c20-19(21,22)28-15-4-1-12(2-5-15)13-3-6-17-16(9-13)25(18(26)27-17)11-14-10-23-7-8-24-14;16-15(17,18)21-12-4-1-9(2-5-12)10-3-6-13-11(7-10)8-14(19)20-13;8-4-5-3-6-1-2-7-5/h1-10H,11H2;1-7H,8H2;1-3,8H,4H2. The molecule has 57 heavy (non-hydrogen) atoms. The number of carbonyl (C=O) groups excluding carboxylic acids is 1. The molecule has 292 valence electrons. The number of benzene rings is 4. The van der Waals surface area contributed by atoms with Crippen LogP contribution in [0.15, 0.2) is 131 Å². The van der Waals surface area contributed by atoms with E-state index in [0.717, 1.165) is 16.7 Å². The number of aliphatic hydroxyl groups excluding tert-OH is 1. The van der Waals surface area contributed by atoms with Crippen LogP contribution >= 0.6 is 0 Å². The summed E-state index contributed by atoms with van der Waals surface area (Å²) in [6, 6.07) is 21.3. The van der Waals surface area contributed by atoms with Crippen molar-refractivity contribution in [3.05, 3.63) is 150 Å². The Bertz CT molecular complexity index is 2490. The molecule has 0 bridgehead atoms. The zero-order chi connectivity index (χ0) is 40.6. The number of ether oxygens (including phenoxy) is 3. The lowest BCUT2D eigenvalue weighted by Crippen LogP contribution is -2.16. The Kier molecular flexibility index (Phi) is 11.9. The third-order valence-electron chi connectivity index (χ3n) is 7.84. The number of carbonyl (C=O) groups is 1. The number of oxazole rings is 1. The summed E-state index contributed by atoms with van der Waals surface area (Å²) in [5, 5.41) is 8.44. The first-order valence-electron chi connectivity index (χ1n) is 16.5. The van der Waals surface area contributed by atoms with Crippen LogP contribution in [0.25, 0.3) is 33.4 Å². The van der Waals surface area contributed by atoms with Crippen LogP contribution < -0.4 is 20.0 Å². The van der Waals surface area contributed by atoms with Gasteiger partial charge in [0, 0.05) is 30.4 Å². The highest BCUT2D eigenvalue weighted by Crippen LogP contribution is 2.33. The molecule has 0 radical (unpaired) electrons. The van der Waals surface area contributed by atoms with E-state index in [1.807, 2.05) is 0 Å². The summed E-state index contributed by atoms with van der Waals surface area (Å²) in [7, 11) is 0. The first-order chi connectivity index (χ1) is 27.2. The summed E-state index contributed by atoms with van der Waals surface area (Å²) in [5.41, 5.74) is 5.80. The van der Waals surface area contributed by atoms with Gasteiger partial charge in [0.25, 0.3) is 0 Å². The molecule has 1 N–H and O–H groups in total. The smallest absolute Gasteiger partial charge is 0.426 e. The molecule has 0 saturated carbocycles. The summed E-state index contributed by atoms with van der Waals surface area (Å²) < 4.78 is 92.5. The predicted molar refractivity (Wildman–Crippen MR) is 190 cm³/mol. The van der Waals surface area contributed by atoms with Crippen molar-refractivity contribution >= 4 is 17.1 Å². The molecule has 7 aromatic rings. The molecule has 0 unspecified atom stereocenters. The fourth-order valence-electron chi connectivity index (χ4n) is 5.39. The first-order valence-corrected chi connectivity index (χ1v) is 16.5. The van der Waals surface area contributed by atoms with Gasteiger partial charge >= 0.3 is 24.5 Å². The molecule has 1 aliphatic rings. The van der Waals surface area contributed by atoms with Gasteiger partial charge in [-0.1, -0.05) is 36.4 Å². The molecular weight excluding hydrogens is 764 g/mol. The number of halogens is 6. The average Bonchev–Trinajstić information content (AvgIpc) is 3.72.